The highest BCUT2D eigenvalue weighted by Gasteiger charge is 2.47. The Morgan fingerprint density at radius 3 is 1.98 bits per heavy atom. The Kier molecular flexibility index (Phi) is 8.40. The van der Waals surface area contributed by atoms with Gasteiger partial charge < -0.3 is 0 Å². The molecular weight excluding hydrogens is 618 g/mol. The van der Waals surface area contributed by atoms with E-state index in [1.165, 1.54) is 12.1 Å². The predicted molar refractivity (Wildman–Crippen MR) is 156 cm³/mol. The minimum atomic E-state index is -4.25. The van der Waals surface area contributed by atoms with E-state index >= 15 is 0 Å². The number of rotatable bonds is 8. The van der Waals surface area contributed by atoms with Gasteiger partial charge in [0.15, 0.2) is 0 Å². The summed E-state index contributed by atoms with van der Waals surface area (Å²) in [5, 5.41) is 5.19. The smallest absolute Gasteiger partial charge is 0.252 e. The SMILES string of the molecule is Cc1cc(C)c(C)c(S(=O)(=O)N(CCc2ccc(S(N)(=O)=O)cc2)C2CC(=O)N(c3ccc(Br)cc3)C2=O)c1C. The fourth-order valence-electron chi connectivity index (χ4n) is 4.92. The topological polar surface area (TPSA) is 135 Å². The van der Waals surface area contributed by atoms with Gasteiger partial charge in [-0.1, -0.05) is 34.1 Å². The second-order valence-electron chi connectivity index (χ2n) is 9.91. The fraction of sp³-hybridized carbons (Fsp3) is 0.286. The van der Waals surface area contributed by atoms with E-state index < -0.39 is 37.9 Å². The second kappa shape index (κ2) is 11.2. The van der Waals surface area contributed by atoms with Crippen LogP contribution in [0.25, 0.3) is 0 Å². The molecule has 1 aliphatic rings. The zero-order chi connectivity index (χ0) is 29.6. The largest absolute Gasteiger partial charge is 0.274 e. The minimum Gasteiger partial charge on any atom is -0.274 e. The number of halogens is 1. The Hall–Kier alpha value is -2.90. The van der Waals surface area contributed by atoms with Gasteiger partial charge in [0.2, 0.25) is 26.0 Å². The van der Waals surface area contributed by atoms with Gasteiger partial charge in [0.1, 0.15) is 6.04 Å². The highest BCUT2D eigenvalue weighted by Crippen LogP contribution is 2.34. The van der Waals surface area contributed by atoms with Gasteiger partial charge >= 0.3 is 0 Å². The summed E-state index contributed by atoms with van der Waals surface area (Å²) in [7, 11) is -8.14. The van der Waals surface area contributed by atoms with Gasteiger partial charge in [0.25, 0.3) is 5.91 Å². The van der Waals surface area contributed by atoms with Crippen molar-refractivity contribution in [1.29, 1.82) is 0 Å². The molecule has 1 saturated heterocycles. The number of benzene rings is 3. The van der Waals surface area contributed by atoms with Crippen LogP contribution in [0.1, 0.15) is 34.2 Å². The molecule has 9 nitrogen and oxygen atoms in total. The summed E-state index contributed by atoms with van der Waals surface area (Å²) in [6.07, 6.45) is -0.134. The van der Waals surface area contributed by atoms with E-state index in [-0.39, 0.29) is 29.2 Å². The van der Waals surface area contributed by atoms with Crippen LogP contribution in [0.2, 0.25) is 0 Å². The van der Waals surface area contributed by atoms with Crippen LogP contribution in [0.4, 0.5) is 5.69 Å². The fourth-order valence-corrected chi connectivity index (χ4v) is 7.86. The highest BCUT2D eigenvalue weighted by molar-refractivity contribution is 9.10. The normalized spacial score (nSPS) is 16.3. The first kappa shape index (κ1) is 30.1. The second-order valence-corrected chi connectivity index (χ2v) is 14.2. The quantitative estimate of drug-likeness (QED) is 0.369. The van der Waals surface area contributed by atoms with Crippen molar-refractivity contribution in [1.82, 2.24) is 4.31 Å². The third-order valence-corrected chi connectivity index (χ3v) is 10.9. The van der Waals surface area contributed by atoms with Crippen LogP contribution in [-0.4, -0.2) is 45.5 Å². The van der Waals surface area contributed by atoms with E-state index in [4.69, 9.17) is 5.14 Å². The maximum atomic E-state index is 14.4. The number of primary sulfonamides is 1. The number of nitrogens with zero attached hydrogens (tertiary/aromatic N) is 2. The number of hydrogen-bond donors (Lipinski definition) is 1. The summed E-state index contributed by atoms with van der Waals surface area (Å²) in [6, 6.07) is 13.1. The van der Waals surface area contributed by atoms with Crippen LogP contribution in [-0.2, 0) is 36.1 Å². The molecule has 12 heteroatoms. The van der Waals surface area contributed by atoms with Crippen LogP contribution in [0.15, 0.2) is 68.9 Å². The molecule has 0 radical (unpaired) electrons. The number of sulfonamides is 2. The van der Waals surface area contributed by atoms with E-state index in [1.807, 2.05) is 19.9 Å². The summed E-state index contributed by atoms with van der Waals surface area (Å²) in [6.45, 7) is 7.01. The first-order valence-electron chi connectivity index (χ1n) is 12.5. The average Bonchev–Trinajstić information content (AvgIpc) is 3.16. The van der Waals surface area contributed by atoms with Crippen LogP contribution < -0.4 is 10.0 Å². The highest BCUT2D eigenvalue weighted by atomic mass is 79.9. The molecule has 1 fully saturated rings. The lowest BCUT2D eigenvalue weighted by atomic mass is 10.0. The van der Waals surface area contributed by atoms with Gasteiger partial charge in [0, 0.05) is 11.0 Å². The molecular formula is C28H30BrN3O6S2. The molecule has 0 bridgehead atoms. The predicted octanol–water partition coefficient (Wildman–Crippen LogP) is 3.90. The van der Waals surface area contributed by atoms with E-state index in [0.29, 0.717) is 22.4 Å². The lowest BCUT2D eigenvalue weighted by Crippen LogP contribution is -2.46. The summed E-state index contributed by atoms with van der Waals surface area (Å²) < 4.78 is 53.9. The van der Waals surface area contributed by atoms with Crippen LogP contribution in [0.5, 0.6) is 0 Å². The number of aryl methyl sites for hydroxylation is 2. The standard InChI is InChI=1S/C28H30BrN3O6S2/c1-17-15-18(2)20(4)27(19(17)3)40(37,38)31(14-13-21-5-11-24(12-6-21)39(30,35)36)25-16-26(33)32(28(25)34)23-9-7-22(29)8-10-23/h5-12,15,25H,13-14,16H2,1-4H3,(H2,30,35,36). The van der Waals surface area contributed by atoms with E-state index in [2.05, 4.69) is 15.9 Å². The molecule has 0 saturated carbocycles. The van der Waals surface area contributed by atoms with Gasteiger partial charge in [-0.05, 0) is 98.3 Å². The van der Waals surface area contributed by atoms with Crippen molar-refractivity contribution >= 4 is 53.5 Å². The molecule has 0 aromatic heterocycles. The number of hydrogen-bond acceptors (Lipinski definition) is 6. The minimum absolute atomic E-state index is 0.0658. The van der Waals surface area contributed by atoms with Crippen molar-refractivity contribution in [3.8, 4) is 0 Å². The van der Waals surface area contributed by atoms with Crippen molar-refractivity contribution < 1.29 is 26.4 Å². The third kappa shape index (κ3) is 5.77. The Labute approximate surface area is 243 Å². The zero-order valence-electron chi connectivity index (χ0n) is 22.5. The third-order valence-electron chi connectivity index (χ3n) is 7.29. The van der Waals surface area contributed by atoms with Crippen molar-refractivity contribution in [3.63, 3.8) is 0 Å². The summed E-state index contributed by atoms with van der Waals surface area (Å²) in [5.41, 5.74) is 3.74. The van der Waals surface area contributed by atoms with Gasteiger partial charge in [-0.15, -0.1) is 0 Å². The summed E-state index contributed by atoms with van der Waals surface area (Å²) in [4.78, 5) is 27.9. The molecule has 0 aliphatic carbocycles. The van der Waals surface area contributed by atoms with E-state index in [1.54, 1.807) is 50.2 Å². The first-order chi connectivity index (χ1) is 18.6. The maximum Gasteiger partial charge on any atom is 0.252 e. The lowest BCUT2D eigenvalue weighted by Gasteiger charge is -2.29. The molecule has 2 N–H and O–H groups in total. The number of imide groups is 1. The van der Waals surface area contributed by atoms with Crippen LogP contribution >= 0.6 is 15.9 Å². The molecule has 3 aromatic carbocycles. The van der Waals surface area contributed by atoms with E-state index in [9.17, 15) is 26.4 Å². The molecule has 3 aromatic rings. The van der Waals surface area contributed by atoms with Crippen LogP contribution in [0, 0.1) is 27.7 Å². The Morgan fingerprint density at radius 1 is 0.900 bits per heavy atom. The molecule has 0 spiro atoms. The molecule has 2 amide bonds. The van der Waals surface area contributed by atoms with Gasteiger partial charge in [-0.3, -0.25) is 9.59 Å². The molecule has 1 atom stereocenters. The monoisotopic (exact) mass is 647 g/mol. The number of amides is 2. The van der Waals surface area contributed by atoms with Gasteiger partial charge in [-0.2, -0.15) is 4.31 Å². The van der Waals surface area contributed by atoms with Crippen molar-refractivity contribution in [2.24, 2.45) is 5.14 Å². The Morgan fingerprint density at radius 2 is 1.45 bits per heavy atom. The number of carbonyl (C=O) groups is 2. The lowest BCUT2D eigenvalue weighted by molar-refractivity contribution is -0.122. The van der Waals surface area contributed by atoms with Crippen LogP contribution in [0.3, 0.4) is 0 Å². The van der Waals surface area contributed by atoms with E-state index in [0.717, 1.165) is 24.8 Å². The van der Waals surface area contributed by atoms with Gasteiger partial charge in [0.05, 0.1) is 21.9 Å². The summed E-state index contributed by atoms with van der Waals surface area (Å²) >= 11 is 3.34. The van der Waals surface area contributed by atoms with Crippen molar-refractivity contribution in [2.75, 3.05) is 11.4 Å². The average molecular weight is 649 g/mol. The molecule has 1 heterocycles. The Bertz CT molecular complexity index is 1680. The number of anilines is 1. The Balaban J connectivity index is 1.77. The summed E-state index contributed by atoms with van der Waals surface area (Å²) in [5.74, 6) is -1.12. The number of carbonyl (C=O) groups excluding carboxylic acids is 2. The molecule has 1 unspecified atom stereocenters. The van der Waals surface area contributed by atoms with Gasteiger partial charge in [-0.25, -0.2) is 26.9 Å². The molecule has 40 heavy (non-hydrogen) atoms. The van der Waals surface area contributed by atoms with Crippen molar-refractivity contribution in [2.45, 2.75) is 56.4 Å². The number of nitrogens with two attached hydrogens (primary N) is 1. The van der Waals surface area contributed by atoms with Crippen molar-refractivity contribution in [3.05, 3.63) is 86.9 Å². The first-order valence-corrected chi connectivity index (χ1v) is 16.2. The zero-order valence-corrected chi connectivity index (χ0v) is 25.7. The molecule has 4 rings (SSSR count). The molecule has 212 valence electrons. The molecule has 1 aliphatic heterocycles. The maximum absolute atomic E-state index is 14.4.